The van der Waals surface area contributed by atoms with Crippen molar-refractivity contribution in [2.75, 3.05) is 12.4 Å². The topological polar surface area (TPSA) is 82.2 Å². The summed E-state index contributed by atoms with van der Waals surface area (Å²) in [6.07, 6.45) is 1.57. The normalized spacial score (nSPS) is 10.3. The Morgan fingerprint density at radius 3 is 2.94 bits per heavy atom. The van der Waals surface area contributed by atoms with Gasteiger partial charge in [-0.05, 0) is 6.92 Å². The van der Waals surface area contributed by atoms with E-state index < -0.39 is 0 Å². The summed E-state index contributed by atoms with van der Waals surface area (Å²) in [7, 11) is 3.17. The van der Waals surface area contributed by atoms with E-state index in [1.807, 2.05) is 0 Å². The van der Waals surface area contributed by atoms with Gasteiger partial charge in [-0.15, -0.1) is 5.10 Å². The number of aromatic nitrogens is 3. The Morgan fingerprint density at radius 1 is 1.59 bits per heavy atom. The summed E-state index contributed by atoms with van der Waals surface area (Å²) in [6.45, 7) is 1.74. The van der Waals surface area contributed by atoms with Gasteiger partial charge in [-0.1, -0.05) is 5.16 Å². The van der Waals surface area contributed by atoms with Crippen LogP contribution < -0.4 is 10.1 Å². The molecule has 0 saturated heterocycles. The van der Waals surface area contributed by atoms with Crippen LogP contribution in [0, 0.1) is 6.92 Å². The highest BCUT2D eigenvalue weighted by Gasteiger charge is 2.17. The number of carbonyl (C=O) groups is 1. The Balaban J connectivity index is 2.19. The zero-order chi connectivity index (χ0) is 12.4. The van der Waals surface area contributed by atoms with Crippen LogP contribution >= 0.6 is 0 Å². The molecule has 0 bridgehead atoms. The van der Waals surface area contributed by atoms with E-state index >= 15 is 0 Å². The number of nitrogens with zero attached hydrogens (tertiary/aromatic N) is 3. The average molecular weight is 236 g/mol. The van der Waals surface area contributed by atoms with E-state index in [2.05, 4.69) is 15.6 Å². The molecular formula is C10H12N4O3. The second-order valence-electron chi connectivity index (χ2n) is 3.50. The minimum atomic E-state index is -0.344. The molecule has 0 aliphatic heterocycles. The Bertz CT molecular complexity index is 543. The molecular weight excluding hydrogens is 224 g/mol. The van der Waals surface area contributed by atoms with Crippen LogP contribution in [0.5, 0.6) is 5.88 Å². The summed E-state index contributed by atoms with van der Waals surface area (Å²) in [4.78, 5) is 11.9. The third-order valence-corrected chi connectivity index (χ3v) is 2.10. The van der Waals surface area contributed by atoms with Gasteiger partial charge in [0.05, 0.1) is 7.11 Å². The van der Waals surface area contributed by atoms with Crippen LogP contribution in [0.25, 0.3) is 0 Å². The summed E-state index contributed by atoms with van der Waals surface area (Å²) in [5, 5.41) is 10.2. The van der Waals surface area contributed by atoms with Gasteiger partial charge in [0.2, 0.25) is 5.88 Å². The number of hydrogen-bond donors (Lipinski definition) is 1. The monoisotopic (exact) mass is 236 g/mol. The van der Waals surface area contributed by atoms with Crippen LogP contribution in [0.2, 0.25) is 0 Å². The number of methoxy groups -OCH3 is 1. The van der Waals surface area contributed by atoms with Crippen molar-refractivity contribution in [3.8, 4) is 5.88 Å². The molecule has 0 unspecified atom stereocenters. The van der Waals surface area contributed by atoms with Gasteiger partial charge >= 0.3 is 0 Å². The highest BCUT2D eigenvalue weighted by atomic mass is 16.5. The van der Waals surface area contributed by atoms with Crippen molar-refractivity contribution < 1.29 is 14.1 Å². The molecule has 7 heteroatoms. The lowest BCUT2D eigenvalue weighted by molar-refractivity contribution is 0.102. The number of hydrogen-bond acceptors (Lipinski definition) is 5. The molecule has 0 aliphatic rings. The molecule has 2 heterocycles. The highest BCUT2D eigenvalue weighted by molar-refractivity contribution is 6.05. The van der Waals surface area contributed by atoms with Crippen molar-refractivity contribution in [3.63, 3.8) is 0 Å². The Hall–Kier alpha value is -2.31. The van der Waals surface area contributed by atoms with E-state index in [-0.39, 0.29) is 11.8 Å². The molecule has 0 spiro atoms. The van der Waals surface area contributed by atoms with Crippen molar-refractivity contribution in [1.82, 2.24) is 14.9 Å². The molecule has 2 rings (SSSR count). The third kappa shape index (κ3) is 2.27. The van der Waals surface area contributed by atoms with E-state index in [0.717, 1.165) is 0 Å². The van der Waals surface area contributed by atoms with Gasteiger partial charge in [-0.3, -0.25) is 9.48 Å². The zero-order valence-electron chi connectivity index (χ0n) is 9.72. The summed E-state index contributed by atoms with van der Waals surface area (Å²) in [6, 6.07) is 1.63. The summed E-state index contributed by atoms with van der Waals surface area (Å²) >= 11 is 0. The van der Waals surface area contributed by atoms with E-state index in [4.69, 9.17) is 9.26 Å². The number of anilines is 1. The fourth-order valence-electron chi connectivity index (χ4n) is 1.38. The first-order valence-corrected chi connectivity index (χ1v) is 4.92. The largest absolute Gasteiger partial charge is 0.479 e. The maximum Gasteiger partial charge on any atom is 0.264 e. The average Bonchev–Trinajstić information content (AvgIpc) is 2.84. The van der Waals surface area contributed by atoms with Crippen LogP contribution in [-0.4, -0.2) is 28.0 Å². The van der Waals surface area contributed by atoms with Crippen LogP contribution in [0.1, 0.15) is 16.1 Å². The van der Waals surface area contributed by atoms with E-state index in [9.17, 15) is 4.79 Å². The molecule has 0 radical (unpaired) electrons. The molecule has 0 saturated carbocycles. The number of amides is 1. The van der Waals surface area contributed by atoms with Gasteiger partial charge in [0.15, 0.2) is 5.82 Å². The molecule has 7 nitrogen and oxygen atoms in total. The van der Waals surface area contributed by atoms with Gasteiger partial charge in [0.25, 0.3) is 5.91 Å². The third-order valence-electron chi connectivity index (χ3n) is 2.10. The molecule has 2 aromatic rings. The van der Waals surface area contributed by atoms with Gasteiger partial charge in [-0.2, -0.15) is 0 Å². The van der Waals surface area contributed by atoms with Crippen LogP contribution in [0.15, 0.2) is 16.8 Å². The standard InChI is InChI=1S/C10H12N4O3/c1-6-4-8(13-17-6)11-9(15)7-5-14(2)12-10(7)16-3/h4-5H,1-3H3,(H,11,13,15). The quantitative estimate of drug-likeness (QED) is 0.858. The number of aryl methyl sites for hydroxylation is 2. The van der Waals surface area contributed by atoms with E-state index in [1.54, 1.807) is 26.2 Å². The molecule has 1 amide bonds. The molecule has 0 fully saturated rings. The summed E-state index contributed by atoms with van der Waals surface area (Å²) in [5.74, 6) is 0.908. The van der Waals surface area contributed by atoms with Crippen LogP contribution in [0.4, 0.5) is 5.82 Å². The second-order valence-corrected chi connectivity index (χ2v) is 3.50. The van der Waals surface area contributed by atoms with Crippen molar-refractivity contribution in [1.29, 1.82) is 0 Å². The Kier molecular flexibility index (Phi) is 2.82. The molecule has 2 aromatic heterocycles. The summed E-state index contributed by atoms with van der Waals surface area (Å²) < 4.78 is 11.3. The minimum Gasteiger partial charge on any atom is -0.479 e. The maximum atomic E-state index is 11.9. The van der Waals surface area contributed by atoms with Gasteiger partial charge in [0, 0.05) is 19.3 Å². The Labute approximate surface area is 97.3 Å². The number of nitrogens with one attached hydrogen (secondary N) is 1. The first-order chi connectivity index (χ1) is 8.10. The van der Waals surface area contributed by atoms with Gasteiger partial charge in [0.1, 0.15) is 11.3 Å². The highest BCUT2D eigenvalue weighted by Crippen LogP contribution is 2.17. The molecule has 0 aromatic carbocycles. The first kappa shape index (κ1) is 11.2. The minimum absolute atomic E-state index is 0.269. The lowest BCUT2D eigenvalue weighted by Gasteiger charge is -1.99. The smallest absolute Gasteiger partial charge is 0.264 e. The first-order valence-electron chi connectivity index (χ1n) is 4.92. The van der Waals surface area contributed by atoms with Crippen molar-refractivity contribution in [2.45, 2.75) is 6.92 Å². The SMILES string of the molecule is COc1nn(C)cc1C(=O)Nc1cc(C)on1. The van der Waals surface area contributed by atoms with Gasteiger partial charge < -0.3 is 14.6 Å². The fraction of sp³-hybridized carbons (Fsp3) is 0.300. The van der Waals surface area contributed by atoms with Crippen molar-refractivity contribution >= 4 is 11.7 Å². The lowest BCUT2D eigenvalue weighted by Crippen LogP contribution is -2.12. The number of carbonyl (C=O) groups excluding carboxylic acids is 1. The van der Waals surface area contributed by atoms with Gasteiger partial charge in [-0.25, -0.2) is 0 Å². The second kappa shape index (κ2) is 4.28. The lowest BCUT2D eigenvalue weighted by atomic mass is 10.3. The van der Waals surface area contributed by atoms with Crippen LogP contribution in [0.3, 0.4) is 0 Å². The van der Waals surface area contributed by atoms with Crippen molar-refractivity contribution in [2.24, 2.45) is 7.05 Å². The van der Waals surface area contributed by atoms with Crippen molar-refractivity contribution in [3.05, 3.63) is 23.6 Å². The molecule has 1 N–H and O–H groups in total. The van der Waals surface area contributed by atoms with Crippen LogP contribution in [-0.2, 0) is 7.05 Å². The molecule has 0 atom stereocenters. The number of ether oxygens (including phenoxy) is 1. The molecule has 17 heavy (non-hydrogen) atoms. The predicted octanol–water partition coefficient (Wildman–Crippen LogP) is 0.977. The van der Waals surface area contributed by atoms with E-state index in [1.165, 1.54) is 11.8 Å². The fourth-order valence-corrected chi connectivity index (χ4v) is 1.38. The zero-order valence-corrected chi connectivity index (χ0v) is 9.72. The Morgan fingerprint density at radius 2 is 2.35 bits per heavy atom. The molecule has 90 valence electrons. The van der Waals surface area contributed by atoms with E-state index in [0.29, 0.717) is 17.1 Å². The predicted molar refractivity (Wildman–Crippen MR) is 59.0 cm³/mol. The molecule has 0 aliphatic carbocycles. The number of rotatable bonds is 3. The maximum absolute atomic E-state index is 11.9. The summed E-state index contributed by atoms with van der Waals surface area (Å²) in [5.41, 5.74) is 0.343.